The number of hydrogen-bond acceptors (Lipinski definition) is 4. The molecule has 0 aliphatic heterocycles. The Morgan fingerprint density at radius 3 is 2.69 bits per heavy atom. The summed E-state index contributed by atoms with van der Waals surface area (Å²) in [6, 6.07) is 15.9. The van der Waals surface area contributed by atoms with Crippen LogP contribution in [0.2, 0.25) is 0 Å². The average Bonchev–Trinajstić information content (AvgIpc) is 3.05. The molecule has 2 heterocycles. The number of benzene rings is 2. The van der Waals surface area contributed by atoms with Crippen molar-refractivity contribution in [2.24, 2.45) is 0 Å². The van der Waals surface area contributed by atoms with E-state index in [1.165, 1.54) is 0 Å². The number of imidazole rings is 1. The van der Waals surface area contributed by atoms with Crippen molar-refractivity contribution < 1.29 is 9.84 Å². The van der Waals surface area contributed by atoms with Crippen LogP contribution in [0.5, 0.6) is 5.75 Å². The Hall–Kier alpha value is -2.63. The summed E-state index contributed by atoms with van der Waals surface area (Å²) in [5.41, 5.74) is 3.65. The highest BCUT2D eigenvalue weighted by Gasteiger charge is 2.14. The Morgan fingerprint density at radius 1 is 1.08 bits per heavy atom. The van der Waals surface area contributed by atoms with Crippen LogP contribution in [-0.2, 0) is 19.0 Å². The number of halogens is 1. The van der Waals surface area contributed by atoms with Crippen LogP contribution in [0.1, 0.15) is 11.4 Å². The smallest absolute Gasteiger partial charge is 0.125 e. The largest absolute Gasteiger partial charge is 0.489 e. The van der Waals surface area contributed by atoms with E-state index in [9.17, 15) is 5.11 Å². The minimum atomic E-state index is 0.0252. The summed E-state index contributed by atoms with van der Waals surface area (Å²) in [4.78, 5) is 9.04. The minimum Gasteiger partial charge on any atom is -0.489 e. The average molecular weight is 368 g/mol. The van der Waals surface area contributed by atoms with Crippen LogP contribution in [0.3, 0.4) is 0 Å². The van der Waals surface area contributed by atoms with E-state index in [2.05, 4.69) is 9.97 Å². The van der Waals surface area contributed by atoms with Gasteiger partial charge in [-0.2, -0.15) is 0 Å². The number of nitrogens with zero attached hydrogens (tertiary/aromatic N) is 3. The molecule has 0 aliphatic carbocycles. The molecule has 6 heteroatoms. The maximum atomic E-state index is 9.38. The first-order chi connectivity index (χ1) is 12.8. The van der Waals surface area contributed by atoms with Crippen LogP contribution in [0.4, 0.5) is 0 Å². The summed E-state index contributed by atoms with van der Waals surface area (Å²) in [7, 11) is 0. The molecule has 0 saturated carbocycles. The van der Waals surface area contributed by atoms with Crippen LogP contribution < -0.4 is 4.74 Å². The molecule has 4 rings (SSSR count). The number of aromatic nitrogens is 3. The fourth-order valence-corrected chi connectivity index (χ4v) is 3.32. The van der Waals surface area contributed by atoms with Crippen molar-refractivity contribution in [2.75, 3.05) is 6.61 Å². The van der Waals surface area contributed by atoms with Gasteiger partial charge in [0.2, 0.25) is 0 Å². The second-order valence-electron chi connectivity index (χ2n) is 5.98. The predicted molar refractivity (Wildman–Crippen MR) is 102 cm³/mol. The van der Waals surface area contributed by atoms with Crippen LogP contribution in [0.15, 0.2) is 54.7 Å². The van der Waals surface area contributed by atoms with Crippen LogP contribution in [-0.4, -0.2) is 26.2 Å². The summed E-state index contributed by atoms with van der Waals surface area (Å²) < 4.78 is 7.85. The molecule has 2 aromatic carbocycles. The molecule has 0 unspecified atom stereocenters. The third-order valence-corrected chi connectivity index (χ3v) is 4.55. The molecular weight excluding hydrogens is 350 g/mol. The lowest BCUT2D eigenvalue weighted by Gasteiger charge is -2.09. The molecule has 0 bridgehead atoms. The summed E-state index contributed by atoms with van der Waals surface area (Å²) in [5.74, 6) is 1.78. The first-order valence-corrected chi connectivity index (χ1v) is 8.95. The molecule has 0 radical (unpaired) electrons. The van der Waals surface area contributed by atoms with Crippen molar-refractivity contribution in [3.8, 4) is 5.75 Å². The van der Waals surface area contributed by atoms with E-state index in [-0.39, 0.29) is 12.5 Å². The third kappa shape index (κ3) is 3.11. The first kappa shape index (κ1) is 16.8. The number of hydrogen-bond donors (Lipinski definition) is 1. The molecule has 0 fully saturated rings. The SMILES string of the molecule is OCCn1c(CCl)nc2cnc3cc(OCc4ccccc4)ccc3c21. The van der Waals surface area contributed by atoms with Gasteiger partial charge in [0.1, 0.15) is 23.7 Å². The van der Waals surface area contributed by atoms with Gasteiger partial charge in [-0.3, -0.25) is 4.98 Å². The normalized spacial score (nSPS) is 11.3. The molecule has 2 aromatic heterocycles. The highest BCUT2D eigenvalue weighted by Crippen LogP contribution is 2.28. The van der Waals surface area contributed by atoms with Gasteiger partial charge in [-0.15, -0.1) is 11.6 Å². The first-order valence-electron chi connectivity index (χ1n) is 8.41. The predicted octanol–water partition coefficient (Wildman–Crippen LogP) is 3.89. The van der Waals surface area contributed by atoms with Crippen molar-refractivity contribution >= 4 is 33.5 Å². The second-order valence-corrected chi connectivity index (χ2v) is 6.25. The van der Waals surface area contributed by atoms with Gasteiger partial charge in [0.05, 0.1) is 29.7 Å². The molecule has 0 atom stereocenters. The Labute approximate surface area is 155 Å². The molecule has 1 N–H and O–H groups in total. The van der Waals surface area contributed by atoms with Crippen molar-refractivity contribution in [1.29, 1.82) is 0 Å². The maximum Gasteiger partial charge on any atom is 0.125 e. The Kier molecular flexibility index (Phi) is 4.73. The van der Waals surface area contributed by atoms with Gasteiger partial charge >= 0.3 is 0 Å². The molecule has 0 saturated heterocycles. The van der Waals surface area contributed by atoms with Crippen molar-refractivity contribution in [3.63, 3.8) is 0 Å². The molecule has 0 amide bonds. The molecule has 26 heavy (non-hydrogen) atoms. The fraction of sp³-hybridized carbons (Fsp3) is 0.200. The topological polar surface area (TPSA) is 60.2 Å². The van der Waals surface area contributed by atoms with Gasteiger partial charge < -0.3 is 14.4 Å². The number of pyridine rings is 1. The molecule has 0 aliphatic rings. The van der Waals surface area contributed by atoms with E-state index < -0.39 is 0 Å². The number of aliphatic hydroxyl groups is 1. The molecule has 5 nitrogen and oxygen atoms in total. The van der Waals surface area contributed by atoms with Crippen LogP contribution in [0, 0.1) is 0 Å². The zero-order valence-electron chi connectivity index (χ0n) is 14.1. The molecule has 4 aromatic rings. The number of fused-ring (bicyclic) bond motifs is 3. The number of rotatable bonds is 6. The van der Waals surface area contributed by atoms with Gasteiger partial charge in [-0.1, -0.05) is 30.3 Å². The molecule has 0 spiro atoms. The van der Waals surface area contributed by atoms with Gasteiger partial charge in [0, 0.05) is 18.0 Å². The summed E-state index contributed by atoms with van der Waals surface area (Å²) in [6.45, 7) is 0.981. The van der Waals surface area contributed by atoms with E-state index in [4.69, 9.17) is 16.3 Å². The van der Waals surface area contributed by atoms with E-state index in [1.807, 2.05) is 53.1 Å². The van der Waals surface area contributed by atoms with Crippen LogP contribution >= 0.6 is 11.6 Å². The van der Waals surface area contributed by atoms with Crippen LogP contribution in [0.25, 0.3) is 21.9 Å². The zero-order chi connectivity index (χ0) is 17.9. The zero-order valence-corrected chi connectivity index (χ0v) is 14.9. The van der Waals surface area contributed by atoms with Gasteiger partial charge in [-0.25, -0.2) is 4.98 Å². The number of ether oxygens (including phenoxy) is 1. The van der Waals surface area contributed by atoms with E-state index in [0.29, 0.717) is 13.2 Å². The monoisotopic (exact) mass is 367 g/mol. The quantitative estimate of drug-likeness (QED) is 0.525. The van der Waals surface area contributed by atoms with E-state index >= 15 is 0 Å². The van der Waals surface area contributed by atoms with Crippen molar-refractivity contribution in [2.45, 2.75) is 19.0 Å². The Balaban J connectivity index is 1.72. The lowest BCUT2D eigenvalue weighted by molar-refractivity contribution is 0.276. The van der Waals surface area contributed by atoms with Gasteiger partial charge in [-0.05, 0) is 17.7 Å². The molecule has 132 valence electrons. The third-order valence-electron chi connectivity index (χ3n) is 4.32. The van der Waals surface area contributed by atoms with E-state index in [0.717, 1.165) is 39.1 Å². The summed E-state index contributed by atoms with van der Waals surface area (Å²) >= 11 is 6.01. The van der Waals surface area contributed by atoms with Crippen molar-refractivity contribution in [3.05, 3.63) is 66.1 Å². The number of alkyl halides is 1. The summed E-state index contributed by atoms with van der Waals surface area (Å²) in [5, 5.41) is 10.3. The van der Waals surface area contributed by atoms with E-state index in [1.54, 1.807) is 6.20 Å². The minimum absolute atomic E-state index is 0.0252. The van der Waals surface area contributed by atoms with Gasteiger partial charge in [0.25, 0.3) is 0 Å². The van der Waals surface area contributed by atoms with Crippen molar-refractivity contribution in [1.82, 2.24) is 14.5 Å². The van der Waals surface area contributed by atoms with Gasteiger partial charge in [0.15, 0.2) is 0 Å². The standard InChI is InChI=1S/C20H18ClN3O2/c21-11-19-23-18-12-22-17-10-15(26-13-14-4-2-1-3-5-14)6-7-16(17)20(18)24(19)8-9-25/h1-7,10,12,25H,8-9,11,13H2. The number of aliphatic hydroxyl groups excluding tert-OH is 1. The molecular formula is C20H18ClN3O2. The summed E-state index contributed by atoms with van der Waals surface area (Å²) in [6.07, 6.45) is 1.74. The Morgan fingerprint density at radius 2 is 1.92 bits per heavy atom. The fourth-order valence-electron chi connectivity index (χ4n) is 3.12. The lowest BCUT2D eigenvalue weighted by Crippen LogP contribution is -2.06. The lowest BCUT2D eigenvalue weighted by atomic mass is 10.2. The Bertz CT molecular complexity index is 1050. The second kappa shape index (κ2) is 7.32. The maximum absolute atomic E-state index is 9.38. The highest BCUT2D eigenvalue weighted by atomic mass is 35.5. The highest BCUT2D eigenvalue weighted by molar-refractivity contribution is 6.17.